The number of carbonyl (C=O) groups is 1. The molecule has 1 atom stereocenters. The minimum absolute atomic E-state index is 0.0895. The van der Waals surface area contributed by atoms with E-state index < -0.39 is 15.8 Å². The monoisotopic (exact) mass is 588 g/mol. The van der Waals surface area contributed by atoms with Gasteiger partial charge in [-0.05, 0) is 54.4 Å². The van der Waals surface area contributed by atoms with Gasteiger partial charge < -0.3 is 10.2 Å². The Kier molecular flexibility index (Phi) is 7.87. The molecule has 0 saturated carbocycles. The van der Waals surface area contributed by atoms with Crippen LogP contribution in [0.5, 0.6) is 0 Å². The number of sulfonamides is 1. The van der Waals surface area contributed by atoms with Crippen molar-refractivity contribution in [2.45, 2.75) is 24.4 Å². The molecule has 204 valence electrons. The molecule has 11 heteroatoms. The molecular weight excluding hydrogens is 562 g/mol. The summed E-state index contributed by atoms with van der Waals surface area (Å²) in [7, 11) is -3.91. The van der Waals surface area contributed by atoms with Gasteiger partial charge >= 0.3 is 0 Å². The Bertz CT molecular complexity index is 1560. The summed E-state index contributed by atoms with van der Waals surface area (Å²) in [4.78, 5) is 17.4. The Labute approximate surface area is 237 Å². The quantitative estimate of drug-likeness (QED) is 0.385. The number of piperazine rings is 1. The number of nitrogens with zero attached hydrogens (tertiary/aromatic N) is 2. The van der Waals surface area contributed by atoms with Gasteiger partial charge in [0.15, 0.2) is 0 Å². The van der Waals surface area contributed by atoms with E-state index in [0.29, 0.717) is 44.0 Å². The number of carbonyl (C=O) groups excluding carboxylic acids is 1. The van der Waals surface area contributed by atoms with E-state index in [1.807, 2.05) is 25.1 Å². The van der Waals surface area contributed by atoms with Gasteiger partial charge in [-0.1, -0.05) is 53.6 Å². The molecule has 39 heavy (non-hydrogen) atoms. The van der Waals surface area contributed by atoms with E-state index in [9.17, 15) is 17.6 Å². The highest BCUT2D eigenvalue weighted by atomic mass is 35.5. The number of halogens is 3. The number of amides is 1. The second kappa shape index (κ2) is 11.2. The van der Waals surface area contributed by atoms with Crippen molar-refractivity contribution in [2.24, 2.45) is 0 Å². The maximum absolute atomic E-state index is 13.8. The molecule has 2 aliphatic heterocycles. The topological polar surface area (TPSA) is 81.8 Å². The fourth-order valence-electron chi connectivity index (χ4n) is 4.94. The van der Waals surface area contributed by atoms with Gasteiger partial charge in [0.25, 0.3) is 15.9 Å². The molecular formula is C28H27Cl2FN4O3S. The summed E-state index contributed by atoms with van der Waals surface area (Å²) in [5, 5.41) is 3.36. The third-order valence-corrected chi connectivity index (χ3v) is 8.90. The Morgan fingerprint density at radius 2 is 1.92 bits per heavy atom. The van der Waals surface area contributed by atoms with Crippen molar-refractivity contribution >= 4 is 56.6 Å². The number of benzene rings is 3. The van der Waals surface area contributed by atoms with Gasteiger partial charge in [-0.3, -0.25) is 14.4 Å². The summed E-state index contributed by atoms with van der Waals surface area (Å²) < 4.78 is 42.7. The summed E-state index contributed by atoms with van der Waals surface area (Å²) in [6.45, 7) is 4.73. The molecule has 1 fully saturated rings. The lowest BCUT2D eigenvalue weighted by Gasteiger charge is -2.40. The SMILES string of the molecule is CC1CN(Cc2ccc(Cl)c(F)c2)CCN1C(=O)c1ccc(NS(=O)(=O)c2cccc3c2NCC=C3)cc1Cl. The van der Waals surface area contributed by atoms with Gasteiger partial charge in [0.05, 0.1) is 27.0 Å². The molecule has 0 spiro atoms. The Morgan fingerprint density at radius 1 is 1.10 bits per heavy atom. The highest BCUT2D eigenvalue weighted by molar-refractivity contribution is 7.92. The zero-order chi connectivity index (χ0) is 27.7. The number of hydrogen-bond donors (Lipinski definition) is 2. The number of nitrogens with one attached hydrogen (secondary N) is 2. The lowest BCUT2D eigenvalue weighted by Crippen LogP contribution is -2.53. The first-order valence-electron chi connectivity index (χ1n) is 12.5. The Hall–Kier alpha value is -3.11. The van der Waals surface area contributed by atoms with E-state index in [-0.39, 0.29) is 32.6 Å². The Morgan fingerprint density at radius 3 is 2.67 bits per heavy atom. The predicted octanol–water partition coefficient (Wildman–Crippen LogP) is 5.72. The second-order valence-corrected chi connectivity index (χ2v) is 12.1. The van der Waals surface area contributed by atoms with Crippen molar-refractivity contribution in [3.05, 3.63) is 93.2 Å². The van der Waals surface area contributed by atoms with Gasteiger partial charge in [0, 0.05) is 38.8 Å². The standard InChI is InChI=1S/C28H27Cl2FN4O3S/c1-18-16-34(17-19-7-10-23(29)25(31)14-19)12-13-35(18)28(36)22-9-8-21(15-24(22)30)33-39(37,38)26-6-2-4-20-5-3-11-32-27(20)26/h2-10,14-15,18,32-33H,11-13,16-17H2,1H3. The highest BCUT2D eigenvalue weighted by Crippen LogP contribution is 2.31. The highest BCUT2D eigenvalue weighted by Gasteiger charge is 2.30. The van der Waals surface area contributed by atoms with Crippen LogP contribution in [0.2, 0.25) is 10.0 Å². The summed E-state index contributed by atoms with van der Waals surface area (Å²) >= 11 is 12.3. The normalized spacial score (nSPS) is 17.4. The lowest BCUT2D eigenvalue weighted by atomic mass is 10.1. The van der Waals surface area contributed by atoms with Crippen molar-refractivity contribution in [2.75, 3.05) is 36.2 Å². The third kappa shape index (κ3) is 5.91. The van der Waals surface area contributed by atoms with Crippen LogP contribution >= 0.6 is 23.2 Å². The van der Waals surface area contributed by atoms with E-state index in [4.69, 9.17) is 23.2 Å². The van der Waals surface area contributed by atoms with Crippen LogP contribution in [0.15, 0.2) is 65.6 Å². The molecule has 0 aromatic heterocycles. The first kappa shape index (κ1) is 27.5. The van der Waals surface area contributed by atoms with E-state index in [0.717, 1.165) is 11.1 Å². The van der Waals surface area contributed by atoms with E-state index in [1.165, 1.54) is 24.3 Å². The largest absolute Gasteiger partial charge is 0.380 e. The molecule has 2 heterocycles. The van der Waals surface area contributed by atoms with Crippen LogP contribution in [0.3, 0.4) is 0 Å². The van der Waals surface area contributed by atoms with Crippen LogP contribution < -0.4 is 10.0 Å². The third-order valence-electron chi connectivity index (χ3n) is 6.86. The molecule has 0 aliphatic carbocycles. The minimum atomic E-state index is -3.91. The minimum Gasteiger partial charge on any atom is -0.380 e. The summed E-state index contributed by atoms with van der Waals surface area (Å²) in [6.07, 6.45) is 3.80. The number of anilines is 2. The molecule has 1 saturated heterocycles. The zero-order valence-electron chi connectivity index (χ0n) is 21.1. The number of rotatable bonds is 6. The molecule has 2 N–H and O–H groups in total. The van der Waals surface area contributed by atoms with Crippen LogP contribution in [0.25, 0.3) is 6.08 Å². The summed E-state index contributed by atoms with van der Waals surface area (Å²) in [6, 6.07) is 14.3. The van der Waals surface area contributed by atoms with Gasteiger partial charge in [0.1, 0.15) is 10.7 Å². The number of para-hydroxylation sites is 1. The lowest BCUT2D eigenvalue weighted by molar-refractivity contribution is 0.0475. The van der Waals surface area contributed by atoms with Crippen molar-refractivity contribution in [3.8, 4) is 0 Å². The average Bonchev–Trinajstić information content (AvgIpc) is 2.90. The summed E-state index contributed by atoms with van der Waals surface area (Å²) in [5.74, 6) is -0.680. The maximum atomic E-state index is 13.8. The fraction of sp³-hybridized carbons (Fsp3) is 0.250. The fourth-order valence-corrected chi connectivity index (χ4v) is 6.58. The molecule has 2 aliphatic rings. The van der Waals surface area contributed by atoms with Gasteiger partial charge in [-0.2, -0.15) is 0 Å². The molecule has 7 nitrogen and oxygen atoms in total. The zero-order valence-corrected chi connectivity index (χ0v) is 23.5. The van der Waals surface area contributed by atoms with Gasteiger partial charge in [-0.25, -0.2) is 12.8 Å². The van der Waals surface area contributed by atoms with E-state index >= 15 is 0 Å². The first-order chi connectivity index (χ1) is 18.6. The molecule has 0 radical (unpaired) electrons. The van der Waals surface area contributed by atoms with Crippen molar-refractivity contribution in [1.29, 1.82) is 0 Å². The summed E-state index contributed by atoms with van der Waals surface area (Å²) in [5.41, 5.74) is 2.70. The van der Waals surface area contributed by atoms with Crippen molar-refractivity contribution < 1.29 is 17.6 Å². The van der Waals surface area contributed by atoms with E-state index in [2.05, 4.69) is 14.9 Å². The van der Waals surface area contributed by atoms with E-state index in [1.54, 1.807) is 29.2 Å². The van der Waals surface area contributed by atoms with Crippen LogP contribution in [-0.4, -0.2) is 56.3 Å². The second-order valence-electron chi connectivity index (χ2n) is 9.63. The molecule has 3 aromatic carbocycles. The van der Waals surface area contributed by atoms with Crippen LogP contribution in [0, 0.1) is 5.82 Å². The molecule has 1 unspecified atom stereocenters. The predicted molar refractivity (Wildman–Crippen MR) is 153 cm³/mol. The van der Waals surface area contributed by atoms with Crippen LogP contribution in [0.1, 0.15) is 28.4 Å². The van der Waals surface area contributed by atoms with Crippen LogP contribution in [0.4, 0.5) is 15.8 Å². The average molecular weight is 590 g/mol. The van der Waals surface area contributed by atoms with Crippen LogP contribution in [-0.2, 0) is 16.6 Å². The maximum Gasteiger partial charge on any atom is 0.263 e. The molecule has 5 rings (SSSR count). The number of hydrogen-bond acceptors (Lipinski definition) is 5. The molecule has 1 amide bonds. The van der Waals surface area contributed by atoms with Gasteiger partial charge in [0.2, 0.25) is 0 Å². The number of fused-ring (bicyclic) bond motifs is 1. The van der Waals surface area contributed by atoms with Crippen molar-refractivity contribution in [3.63, 3.8) is 0 Å². The smallest absolute Gasteiger partial charge is 0.263 e. The Balaban J connectivity index is 1.26. The molecule has 0 bridgehead atoms. The first-order valence-corrected chi connectivity index (χ1v) is 14.7. The van der Waals surface area contributed by atoms with Crippen molar-refractivity contribution in [1.82, 2.24) is 9.80 Å². The molecule has 3 aromatic rings. The van der Waals surface area contributed by atoms with Gasteiger partial charge in [-0.15, -0.1) is 0 Å².